The van der Waals surface area contributed by atoms with Gasteiger partial charge in [-0.3, -0.25) is 9.69 Å². The number of carbonyl (C=O) groups excluding carboxylic acids is 1. The molecule has 18 heavy (non-hydrogen) atoms. The van der Waals surface area contributed by atoms with E-state index in [2.05, 4.69) is 0 Å². The Kier molecular flexibility index (Phi) is 1.44. The maximum Gasteiger partial charge on any atom is 0.231 e. The lowest BCUT2D eigenvalue weighted by molar-refractivity contribution is 0.0866. The molecule has 1 aromatic carbocycles. The highest BCUT2D eigenvalue weighted by atomic mass is 16.7. The second-order valence-corrected chi connectivity index (χ2v) is 3.95. The minimum Gasteiger partial charge on any atom is -0.454 e. The van der Waals surface area contributed by atoms with E-state index < -0.39 is 37.6 Å². The molecular weight excluding hydrogens is 230 g/mol. The molecule has 2 heterocycles. The van der Waals surface area contributed by atoms with Crippen molar-refractivity contribution in [2.45, 2.75) is 25.7 Å². The summed E-state index contributed by atoms with van der Waals surface area (Å²) in [7, 11) is 0. The molecule has 0 amide bonds. The van der Waals surface area contributed by atoms with Crippen molar-refractivity contribution >= 4 is 5.78 Å². The zero-order chi connectivity index (χ0) is 19.7. The van der Waals surface area contributed by atoms with Crippen molar-refractivity contribution < 1.29 is 25.2 Å². The van der Waals surface area contributed by atoms with Gasteiger partial charge in [0, 0.05) is 16.5 Å². The standard InChI is InChI=1S/C14H17NO3/c1-10(15-6-2-3-7-15)14(16)11-4-5-12-13(8-11)18-9-17-12/h4-5,8,10H,2-3,6-7,9H2,1H3/i2D2,3D2,6D2,7D2. The van der Waals surface area contributed by atoms with Crippen LogP contribution < -0.4 is 9.47 Å². The van der Waals surface area contributed by atoms with Crippen LogP contribution in [0.4, 0.5) is 0 Å². The summed E-state index contributed by atoms with van der Waals surface area (Å²) in [6.45, 7) is -4.88. The second kappa shape index (κ2) is 4.61. The van der Waals surface area contributed by atoms with E-state index in [4.69, 9.17) is 20.4 Å². The molecule has 2 aliphatic rings. The largest absolute Gasteiger partial charge is 0.454 e. The number of hydrogen-bond acceptors (Lipinski definition) is 4. The number of Topliss-reactive ketones (excluding diaryl/α,β-unsaturated/α-hetero) is 1. The Labute approximate surface area is 118 Å². The number of rotatable bonds is 3. The number of likely N-dealkylation sites (tertiary alicyclic amines) is 1. The van der Waals surface area contributed by atoms with Gasteiger partial charge in [-0.1, -0.05) is 0 Å². The number of nitrogens with zero attached hydrogens (tertiary/aromatic N) is 1. The Morgan fingerprint density at radius 3 is 2.83 bits per heavy atom. The van der Waals surface area contributed by atoms with E-state index in [1.807, 2.05) is 0 Å². The minimum atomic E-state index is -3.17. The number of fused-ring (bicyclic) bond motifs is 1. The van der Waals surface area contributed by atoms with Crippen LogP contribution in [0.15, 0.2) is 18.2 Å². The summed E-state index contributed by atoms with van der Waals surface area (Å²) >= 11 is 0. The molecule has 1 aromatic rings. The molecule has 2 aliphatic heterocycles. The molecular formula is C14H17NO3. The molecule has 0 bridgehead atoms. The third-order valence-corrected chi connectivity index (χ3v) is 2.84. The molecule has 96 valence electrons. The average molecular weight is 255 g/mol. The van der Waals surface area contributed by atoms with E-state index in [1.54, 1.807) is 0 Å². The van der Waals surface area contributed by atoms with Crippen LogP contribution in [0.25, 0.3) is 0 Å². The molecule has 1 fully saturated rings. The summed E-state index contributed by atoms with van der Waals surface area (Å²) in [6, 6.07) is 2.82. The topological polar surface area (TPSA) is 38.8 Å². The quantitative estimate of drug-likeness (QED) is 0.775. The highest BCUT2D eigenvalue weighted by molar-refractivity contribution is 6.00. The van der Waals surface area contributed by atoms with E-state index >= 15 is 0 Å². The van der Waals surface area contributed by atoms with Crippen LogP contribution in [0, 0.1) is 0 Å². The Hall–Kier alpha value is -1.55. The Morgan fingerprint density at radius 2 is 2.06 bits per heavy atom. The summed E-state index contributed by atoms with van der Waals surface area (Å²) in [5.41, 5.74) is 0.0985. The van der Waals surface area contributed by atoms with Crippen LogP contribution in [0.5, 0.6) is 11.5 Å². The molecule has 1 unspecified atom stereocenters. The Morgan fingerprint density at radius 1 is 1.33 bits per heavy atom. The fourth-order valence-corrected chi connectivity index (χ4v) is 1.81. The molecule has 1 saturated heterocycles. The van der Waals surface area contributed by atoms with Crippen LogP contribution in [0.3, 0.4) is 0 Å². The lowest BCUT2D eigenvalue weighted by atomic mass is 10.0. The normalized spacial score (nSPS) is 37.8. The molecule has 4 heteroatoms. The first-order chi connectivity index (χ1) is 11.8. The molecule has 0 aliphatic carbocycles. The summed E-state index contributed by atoms with van der Waals surface area (Å²) in [5.74, 6) is 0.0689. The molecule has 0 N–H and O–H groups in total. The number of carbonyl (C=O) groups is 1. The molecule has 0 saturated carbocycles. The molecule has 1 atom stereocenters. The van der Waals surface area contributed by atoms with E-state index in [0.29, 0.717) is 16.4 Å². The first kappa shape index (κ1) is 5.61. The van der Waals surface area contributed by atoms with Gasteiger partial charge >= 0.3 is 0 Å². The first-order valence-electron chi connectivity index (χ1n) is 9.50. The van der Waals surface area contributed by atoms with Crippen molar-refractivity contribution in [3.8, 4) is 11.5 Å². The van der Waals surface area contributed by atoms with Gasteiger partial charge in [-0.15, -0.1) is 0 Å². The van der Waals surface area contributed by atoms with E-state index in [0.717, 1.165) is 0 Å². The number of benzene rings is 1. The molecule has 0 aromatic heterocycles. The summed E-state index contributed by atoms with van der Waals surface area (Å²) in [6.07, 6.45) is -6.35. The van der Waals surface area contributed by atoms with Gasteiger partial charge in [0.15, 0.2) is 17.3 Å². The third kappa shape index (κ3) is 1.97. The van der Waals surface area contributed by atoms with E-state index in [-0.39, 0.29) is 12.4 Å². The van der Waals surface area contributed by atoms with Crippen molar-refractivity contribution in [1.82, 2.24) is 4.90 Å². The molecule has 0 spiro atoms. The lowest BCUT2D eigenvalue weighted by Crippen LogP contribution is -2.36. The van der Waals surface area contributed by atoms with Crippen molar-refractivity contribution in [2.75, 3.05) is 19.8 Å². The van der Waals surface area contributed by atoms with Crippen LogP contribution in [0.2, 0.25) is 0 Å². The summed E-state index contributed by atoms with van der Waals surface area (Å²) in [4.78, 5) is 13.2. The van der Waals surface area contributed by atoms with E-state index in [1.165, 1.54) is 25.1 Å². The van der Waals surface area contributed by atoms with Gasteiger partial charge in [0.05, 0.1) is 6.04 Å². The van der Waals surface area contributed by atoms with Gasteiger partial charge in [-0.25, -0.2) is 0 Å². The summed E-state index contributed by atoms with van der Waals surface area (Å²) < 4.78 is 73.6. The third-order valence-electron chi connectivity index (χ3n) is 2.84. The van der Waals surface area contributed by atoms with Gasteiger partial charge in [0.1, 0.15) is 0 Å². The van der Waals surface area contributed by atoms with Gasteiger partial charge in [0.25, 0.3) is 0 Å². The Bertz CT molecular complexity index is 741. The highest BCUT2D eigenvalue weighted by Crippen LogP contribution is 2.33. The lowest BCUT2D eigenvalue weighted by Gasteiger charge is -2.22. The van der Waals surface area contributed by atoms with Gasteiger partial charge in [-0.05, 0) is 50.9 Å². The maximum absolute atomic E-state index is 12.8. The van der Waals surface area contributed by atoms with Crippen LogP contribution in [0.1, 0.15) is 41.0 Å². The zero-order valence-corrected chi connectivity index (χ0v) is 9.69. The van der Waals surface area contributed by atoms with Gasteiger partial charge in [0.2, 0.25) is 6.79 Å². The van der Waals surface area contributed by atoms with Crippen LogP contribution >= 0.6 is 0 Å². The van der Waals surface area contributed by atoms with Crippen LogP contribution in [-0.4, -0.2) is 36.5 Å². The van der Waals surface area contributed by atoms with Crippen molar-refractivity contribution in [3.05, 3.63) is 23.8 Å². The molecule has 4 nitrogen and oxygen atoms in total. The van der Waals surface area contributed by atoms with Crippen molar-refractivity contribution in [1.29, 1.82) is 0 Å². The number of ether oxygens (including phenoxy) is 2. The molecule has 3 rings (SSSR count). The predicted molar refractivity (Wildman–Crippen MR) is 67.2 cm³/mol. The average Bonchev–Trinajstić information content (AvgIpc) is 3.02. The number of ketones is 1. The smallest absolute Gasteiger partial charge is 0.231 e. The van der Waals surface area contributed by atoms with Gasteiger partial charge in [-0.2, -0.15) is 0 Å². The Balaban J connectivity index is 2.01. The first-order valence-corrected chi connectivity index (χ1v) is 5.50. The predicted octanol–water partition coefficient (Wildman–Crippen LogP) is 2.08. The van der Waals surface area contributed by atoms with E-state index in [9.17, 15) is 4.79 Å². The minimum absolute atomic E-state index is 0.000168. The van der Waals surface area contributed by atoms with Crippen LogP contribution in [-0.2, 0) is 0 Å². The maximum atomic E-state index is 12.8. The van der Waals surface area contributed by atoms with Gasteiger partial charge < -0.3 is 9.47 Å². The second-order valence-electron chi connectivity index (χ2n) is 3.95. The fraction of sp³-hybridized carbons (Fsp3) is 0.500. The fourth-order valence-electron chi connectivity index (χ4n) is 1.81. The molecule has 0 radical (unpaired) electrons. The number of hydrogen-bond donors (Lipinski definition) is 0. The SMILES string of the molecule is [2H]C1([2H])N(C(C)C(=O)c2ccc3c(c2)OCO3)C([2H])([2H])C([2H])([2H])C1([2H])[2H]. The summed E-state index contributed by atoms with van der Waals surface area (Å²) in [5, 5.41) is 0. The highest BCUT2D eigenvalue weighted by Gasteiger charge is 2.26. The van der Waals surface area contributed by atoms with Crippen molar-refractivity contribution in [2.24, 2.45) is 0 Å². The van der Waals surface area contributed by atoms with Crippen molar-refractivity contribution in [3.63, 3.8) is 0 Å². The zero-order valence-electron chi connectivity index (χ0n) is 17.7. The monoisotopic (exact) mass is 255 g/mol.